The van der Waals surface area contributed by atoms with Crippen LogP contribution in [0.5, 0.6) is 0 Å². The van der Waals surface area contributed by atoms with Gasteiger partial charge in [0.2, 0.25) is 0 Å². The molecule has 0 saturated carbocycles. The van der Waals surface area contributed by atoms with Gasteiger partial charge in [-0.25, -0.2) is 0 Å². The van der Waals surface area contributed by atoms with E-state index in [-0.39, 0.29) is 0 Å². The molecular weight excluding hydrogens is 186 g/mol. The molecule has 13 heavy (non-hydrogen) atoms. The molecule has 0 bridgehead atoms. The van der Waals surface area contributed by atoms with Crippen molar-refractivity contribution in [2.24, 2.45) is 5.16 Å². The summed E-state index contributed by atoms with van der Waals surface area (Å²) in [6.45, 7) is 1.86. The normalized spacial score (nSPS) is 12.3. The maximum Gasteiger partial charge on any atom is 0.0690 e. The van der Waals surface area contributed by atoms with Gasteiger partial charge in [-0.15, -0.1) is 0 Å². The van der Waals surface area contributed by atoms with Crippen molar-refractivity contribution in [1.29, 1.82) is 0 Å². The fourth-order valence-corrected chi connectivity index (χ4v) is 1.08. The van der Waals surface area contributed by atoms with Gasteiger partial charge in [-0.1, -0.05) is 35.0 Å². The summed E-state index contributed by atoms with van der Waals surface area (Å²) in [6.07, 6.45) is 3.28. The maximum atomic E-state index is 8.27. The Bertz CT molecular complexity index is 327. The topological polar surface area (TPSA) is 32.6 Å². The number of allylic oxidation sites excluding steroid dienone is 1. The van der Waals surface area contributed by atoms with Gasteiger partial charge < -0.3 is 5.21 Å². The lowest BCUT2D eigenvalue weighted by atomic mass is 10.1. The summed E-state index contributed by atoms with van der Waals surface area (Å²) in [6, 6.07) is 7.43. The first-order valence-electron chi connectivity index (χ1n) is 3.83. The van der Waals surface area contributed by atoms with Crippen LogP contribution in [0.15, 0.2) is 35.0 Å². The van der Waals surface area contributed by atoms with Crippen LogP contribution in [-0.4, -0.2) is 11.4 Å². The summed E-state index contributed by atoms with van der Waals surface area (Å²) < 4.78 is 0. The molecule has 0 heterocycles. The Hall–Kier alpha value is -1.28. The van der Waals surface area contributed by atoms with Gasteiger partial charge in [0.05, 0.1) is 6.21 Å². The van der Waals surface area contributed by atoms with E-state index in [4.69, 9.17) is 16.8 Å². The predicted molar refractivity (Wildman–Crippen MR) is 55.4 cm³/mol. The molecular formula is C10H10ClNO. The lowest BCUT2D eigenvalue weighted by Gasteiger charge is -1.94. The van der Waals surface area contributed by atoms with Crippen molar-refractivity contribution in [2.75, 3.05) is 0 Å². The summed E-state index contributed by atoms with van der Waals surface area (Å²) in [5.74, 6) is 0. The standard InChI is InChI=1S/C10H10ClNO/c1-8(7-12-13)6-9-2-4-10(11)5-3-9/h2-7,13H,1H3/b8-6+,12-7+. The Balaban J connectivity index is 2.85. The van der Waals surface area contributed by atoms with Crippen molar-refractivity contribution in [3.63, 3.8) is 0 Å². The van der Waals surface area contributed by atoms with Crippen molar-refractivity contribution in [2.45, 2.75) is 6.92 Å². The van der Waals surface area contributed by atoms with Gasteiger partial charge in [0.1, 0.15) is 0 Å². The SMILES string of the molecule is CC(/C=N/O)=C\c1ccc(Cl)cc1. The molecule has 0 spiro atoms. The highest BCUT2D eigenvalue weighted by molar-refractivity contribution is 6.30. The Morgan fingerprint density at radius 1 is 1.38 bits per heavy atom. The van der Waals surface area contributed by atoms with E-state index in [1.165, 1.54) is 6.21 Å². The van der Waals surface area contributed by atoms with Crippen LogP contribution in [0.25, 0.3) is 6.08 Å². The van der Waals surface area contributed by atoms with Gasteiger partial charge in [-0.2, -0.15) is 0 Å². The molecule has 0 radical (unpaired) electrons. The maximum absolute atomic E-state index is 8.27. The third-order valence-electron chi connectivity index (χ3n) is 1.53. The summed E-state index contributed by atoms with van der Waals surface area (Å²) in [5, 5.41) is 11.9. The van der Waals surface area contributed by atoms with Crippen LogP contribution in [0.4, 0.5) is 0 Å². The van der Waals surface area contributed by atoms with Crippen LogP contribution in [0.2, 0.25) is 5.02 Å². The van der Waals surface area contributed by atoms with E-state index in [0.29, 0.717) is 5.02 Å². The predicted octanol–water partition coefficient (Wildman–Crippen LogP) is 3.20. The second-order valence-electron chi connectivity index (χ2n) is 2.68. The van der Waals surface area contributed by atoms with E-state index in [2.05, 4.69) is 5.16 Å². The van der Waals surface area contributed by atoms with Crippen molar-refractivity contribution in [3.8, 4) is 0 Å². The molecule has 0 aliphatic heterocycles. The number of nitrogens with zero attached hydrogens (tertiary/aromatic N) is 1. The van der Waals surface area contributed by atoms with E-state index >= 15 is 0 Å². The average molecular weight is 196 g/mol. The number of oxime groups is 1. The lowest BCUT2D eigenvalue weighted by Crippen LogP contribution is -1.78. The van der Waals surface area contributed by atoms with Crippen LogP contribution >= 0.6 is 11.6 Å². The molecule has 0 amide bonds. The third-order valence-corrected chi connectivity index (χ3v) is 1.78. The summed E-state index contributed by atoms with van der Waals surface area (Å²) in [5.41, 5.74) is 1.91. The van der Waals surface area contributed by atoms with Crippen molar-refractivity contribution >= 4 is 23.9 Å². The van der Waals surface area contributed by atoms with Crippen molar-refractivity contribution < 1.29 is 5.21 Å². The summed E-state index contributed by atoms with van der Waals surface area (Å²) in [4.78, 5) is 0. The molecule has 0 aromatic heterocycles. The molecule has 0 aliphatic carbocycles. The quantitative estimate of drug-likeness (QED) is 0.439. The molecule has 0 unspecified atom stereocenters. The minimum Gasteiger partial charge on any atom is -0.411 e. The minimum atomic E-state index is 0.714. The second-order valence-corrected chi connectivity index (χ2v) is 3.12. The first-order valence-corrected chi connectivity index (χ1v) is 4.21. The molecule has 0 atom stereocenters. The van der Waals surface area contributed by atoms with E-state index in [9.17, 15) is 0 Å². The highest BCUT2D eigenvalue weighted by Gasteiger charge is 1.89. The molecule has 0 aliphatic rings. The van der Waals surface area contributed by atoms with Crippen LogP contribution in [-0.2, 0) is 0 Å². The largest absolute Gasteiger partial charge is 0.411 e. The van der Waals surface area contributed by atoms with E-state index in [0.717, 1.165) is 11.1 Å². The second kappa shape index (κ2) is 4.67. The third kappa shape index (κ3) is 3.30. The Morgan fingerprint density at radius 2 is 2.00 bits per heavy atom. The zero-order valence-corrected chi connectivity index (χ0v) is 7.99. The van der Waals surface area contributed by atoms with Gasteiger partial charge in [-0.05, 0) is 30.2 Å². The number of halogens is 1. The van der Waals surface area contributed by atoms with E-state index in [1.807, 2.05) is 37.3 Å². The van der Waals surface area contributed by atoms with Gasteiger partial charge in [-0.3, -0.25) is 0 Å². The van der Waals surface area contributed by atoms with Gasteiger partial charge >= 0.3 is 0 Å². The monoisotopic (exact) mass is 195 g/mol. The van der Waals surface area contributed by atoms with Gasteiger partial charge in [0.15, 0.2) is 0 Å². The van der Waals surface area contributed by atoms with Crippen LogP contribution in [0.3, 0.4) is 0 Å². The fraction of sp³-hybridized carbons (Fsp3) is 0.100. The molecule has 0 fully saturated rings. The molecule has 1 N–H and O–H groups in total. The number of benzene rings is 1. The zero-order valence-electron chi connectivity index (χ0n) is 7.24. The first-order chi connectivity index (χ1) is 6.22. The molecule has 0 saturated heterocycles. The average Bonchev–Trinajstić information content (AvgIpc) is 2.09. The van der Waals surface area contributed by atoms with Crippen LogP contribution in [0.1, 0.15) is 12.5 Å². The van der Waals surface area contributed by atoms with E-state index < -0.39 is 0 Å². The Labute approximate surface area is 82.1 Å². The molecule has 1 rings (SSSR count). The molecule has 2 nitrogen and oxygen atoms in total. The van der Waals surface area contributed by atoms with Crippen molar-refractivity contribution in [3.05, 3.63) is 40.4 Å². The lowest BCUT2D eigenvalue weighted by molar-refractivity contribution is 0.321. The molecule has 1 aromatic rings. The van der Waals surface area contributed by atoms with Crippen molar-refractivity contribution in [1.82, 2.24) is 0 Å². The number of rotatable bonds is 2. The van der Waals surface area contributed by atoms with Crippen LogP contribution in [0, 0.1) is 0 Å². The fourth-order valence-electron chi connectivity index (χ4n) is 0.950. The summed E-state index contributed by atoms with van der Waals surface area (Å²) in [7, 11) is 0. The molecule has 68 valence electrons. The smallest absolute Gasteiger partial charge is 0.0690 e. The Kier molecular flexibility index (Phi) is 3.53. The highest BCUT2D eigenvalue weighted by atomic mass is 35.5. The highest BCUT2D eigenvalue weighted by Crippen LogP contribution is 2.11. The van der Waals surface area contributed by atoms with E-state index in [1.54, 1.807) is 0 Å². The molecule has 1 aromatic carbocycles. The first kappa shape index (κ1) is 9.81. The van der Waals surface area contributed by atoms with Gasteiger partial charge in [0.25, 0.3) is 0 Å². The summed E-state index contributed by atoms with van der Waals surface area (Å²) >= 11 is 5.72. The number of hydrogen-bond donors (Lipinski definition) is 1. The zero-order chi connectivity index (χ0) is 9.68. The minimum absolute atomic E-state index is 0.714. The van der Waals surface area contributed by atoms with Crippen LogP contribution < -0.4 is 0 Å². The van der Waals surface area contributed by atoms with Gasteiger partial charge in [0, 0.05) is 5.02 Å². The molecule has 3 heteroatoms. The Morgan fingerprint density at radius 3 is 2.54 bits per heavy atom. The number of hydrogen-bond acceptors (Lipinski definition) is 2.